The fraction of sp³-hybridized carbons (Fsp3) is 0.487. The van der Waals surface area contributed by atoms with Crippen LogP contribution in [0.1, 0.15) is 144 Å². The second-order valence-corrected chi connectivity index (χ2v) is 26.0. The summed E-state index contributed by atoms with van der Waals surface area (Å²) in [6.45, 7) is 22.3. The predicted octanol–water partition coefficient (Wildman–Crippen LogP) is 16.1. The van der Waals surface area contributed by atoms with E-state index < -0.39 is 0 Å². The zero-order chi connectivity index (χ0) is 60.7. The minimum atomic E-state index is -0.376. The van der Waals surface area contributed by atoms with E-state index in [2.05, 4.69) is 211 Å². The van der Waals surface area contributed by atoms with Crippen LogP contribution in [0.25, 0.3) is 11.1 Å². The summed E-state index contributed by atoms with van der Waals surface area (Å²) in [7, 11) is 8.43. The number of rotatable bonds is 21. The van der Waals surface area contributed by atoms with E-state index in [0.29, 0.717) is 0 Å². The molecule has 0 bridgehead atoms. The number of hydrogen-bond acceptors (Lipinski definition) is 10. The molecule has 1 amide bonds. The van der Waals surface area contributed by atoms with Crippen molar-refractivity contribution >= 4 is 17.2 Å². The van der Waals surface area contributed by atoms with E-state index in [1.807, 2.05) is 31.7 Å². The van der Waals surface area contributed by atoms with Crippen LogP contribution in [0.5, 0.6) is 0 Å². The molecule has 5 heterocycles. The lowest BCUT2D eigenvalue weighted by atomic mass is 9.90. The quantitative estimate of drug-likeness (QED) is 0.0649. The number of allylic oxidation sites excluding steroid dienone is 5. The van der Waals surface area contributed by atoms with Crippen LogP contribution in [-0.4, -0.2) is 127 Å². The number of nitrogens with zero attached hydrogens (tertiary/aromatic N) is 7. The maximum Gasteiger partial charge on any atom is 0.410 e. The molecule has 3 aliphatic heterocycles. The maximum atomic E-state index is 11.7. The van der Waals surface area contributed by atoms with Gasteiger partial charge in [0, 0.05) is 62.0 Å². The molecule has 0 N–H and O–H groups in total. The number of aromatic nitrogens is 2. The molecule has 468 valence electrons. The second kappa shape index (κ2) is 34.8. The topological polar surface area (TPSA) is 94.6 Å². The third kappa shape index (κ3) is 22.2. The summed E-state index contributed by atoms with van der Waals surface area (Å²) in [5.74, 6) is 4.21. The Bertz CT molecular complexity index is 3040. The number of likely N-dealkylation sites (tertiary alicyclic amines) is 3. The average Bonchev–Trinajstić information content (AvgIpc) is 2.14. The third-order valence-corrected chi connectivity index (χ3v) is 17.4. The van der Waals surface area contributed by atoms with Crippen LogP contribution in [0.4, 0.5) is 4.79 Å². The molecule has 2 aromatic heterocycles. The van der Waals surface area contributed by atoms with Gasteiger partial charge in [-0.3, -0.25) is 9.80 Å². The number of likely N-dealkylation sites (N-methyl/N-ethyl adjacent to an activating group) is 2. The minimum absolute atomic E-state index is 0. The van der Waals surface area contributed by atoms with E-state index in [9.17, 15) is 4.79 Å². The Morgan fingerprint density at radius 3 is 1.69 bits per heavy atom. The minimum Gasteiger partial charge on any atom is -0.444 e. The van der Waals surface area contributed by atoms with Crippen LogP contribution in [0, 0.1) is 17.8 Å². The molecule has 4 aliphatic rings. The summed E-state index contributed by atoms with van der Waals surface area (Å²) in [6, 6.07) is 45.1. The summed E-state index contributed by atoms with van der Waals surface area (Å²) in [6.07, 6.45) is 22.0. The van der Waals surface area contributed by atoms with Gasteiger partial charge in [0.05, 0.1) is 11.4 Å². The van der Waals surface area contributed by atoms with Crippen LogP contribution >= 0.6 is 0 Å². The highest BCUT2D eigenvalue weighted by molar-refractivity contribution is 5.73. The largest absolute Gasteiger partial charge is 0.444 e. The number of amides is 1. The molecule has 11 heteroatoms. The summed E-state index contributed by atoms with van der Waals surface area (Å²) >= 11 is 0. The average molecular weight is 1180 g/mol. The first-order valence-electron chi connectivity index (χ1n) is 32.2. The lowest BCUT2D eigenvalue weighted by Gasteiger charge is -2.33. The van der Waals surface area contributed by atoms with E-state index >= 15 is 0 Å². The fourth-order valence-corrected chi connectivity index (χ4v) is 12.5. The Morgan fingerprint density at radius 1 is 0.667 bits per heavy atom. The SMILES string of the molecule is C.C=C/C(Cc1ccccc1)=C(/CN(C)C)c1cc(CCC2CCN(Cc3ccccc3)CC2)no1.CCC1CCN(C(=O)OC(C)(C)C)CC1.CN(C)CC1=C(Cc2ccccc2)C=CCc2c(CCC3CCN(Cc4ccccc4)CC3)noc21. The van der Waals surface area contributed by atoms with Gasteiger partial charge in [0.15, 0.2) is 11.5 Å². The van der Waals surface area contributed by atoms with E-state index in [4.69, 9.17) is 13.8 Å². The van der Waals surface area contributed by atoms with Crippen molar-refractivity contribution in [2.45, 2.75) is 144 Å². The van der Waals surface area contributed by atoms with E-state index in [0.717, 1.165) is 119 Å². The van der Waals surface area contributed by atoms with Gasteiger partial charge < -0.3 is 28.5 Å². The Kier molecular flexibility index (Phi) is 27.1. The van der Waals surface area contributed by atoms with Crippen molar-refractivity contribution in [3.8, 4) is 0 Å². The number of benzene rings is 4. The summed E-state index contributed by atoms with van der Waals surface area (Å²) in [5.41, 5.74) is 13.6. The van der Waals surface area contributed by atoms with Crippen molar-refractivity contribution in [1.82, 2.24) is 34.8 Å². The van der Waals surface area contributed by atoms with Gasteiger partial charge in [-0.05, 0) is 210 Å². The summed E-state index contributed by atoms with van der Waals surface area (Å²) in [5, 5.41) is 9.07. The number of hydrogen-bond donors (Lipinski definition) is 0. The van der Waals surface area contributed by atoms with Gasteiger partial charge in [0.1, 0.15) is 5.60 Å². The van der Waals surface area contributed by atoms with Gasteiger partial charge in [-0.25, -0.2) is 4.79 Å². The smallest absolute Gasteiger partial charge is 0.410 e. The lowest BCUT2D eigenvalue weighted by molar-refractivity contribution is 0.0182. The Morgan fingerprint density at radius 2 is 1.18 bits per heavy atom. The number of carbonyl (C=O) groups excluding carboxylic acids is 1. The van der Waals surface area contributed by atoms with E-state index in [1.165, 1.54) is 127 Å². The Labute approximate surface area is 524 Å². The van der Waals surface area contributed by atoms with Crippen LogP contribution < -0.4 is 0 Å². The third-order valence-electron chi connectivity index (χ3n) is 17.4. The predicted molar refractivity (Wildman–Crippen MR) is 360 cm³/mol. The summed E-state index contributed by atoms with van der Waals surface area (Å²) in [4.78, 5) is 23.1. The molecule has 3 saturated heterocycles. The number of carbonyl (C=O) groups is 1. The van der Waals surface area contributed by atoms with Crippen molar-refractivity contribution in [3.05, 3.63) is 214 Å². The van der Waals surface area contributed by atoms with Crippen LogP contribution in [0.3, 0.4) is 0 Å². The van der Waals surface area contributed by atoms with Crippen LogP contribution in [0.2, 0.25) is 0 Å². The second-order valence-electron chi connectivity index (χ2n) is 26.0. The first-order chi connectivity index (χ1) is 41.7. The highest BCUT2D eigenvalue weighted by atomic mass is 16.6. The maximum absolute atomic E-state index is 11.7. The molecule has 10 rings (SSSR count). The number of fused-ring (bicyclic) bond motifs is 1. The molecule has 4 aromatic carbocycles. The van der Waals surface area contributed by atoms with Crippen molar-refractivity contribution in [1.29, 1.82) is 0 Å². The van der Waals surface area contributed by atoms with Crippen molar-refractivity contribution in [2.24, 2.45) is 17.8 Å². The molecule has 87 heavy (non-hydrogen) atoms. The molecule has 0 radical (unpaired) electrons. The number of ether oxygens (including phenoxy) is 1. The van der Waals surface area contributed by atoms with Gasteiger partial charge in [0.2, 0.25) is 0 Å². The summed E-state index contributed by atoms with van der Waals surface area (Å²) < 4.78 is 17.3. The molecule has 6 aromatic rings. The fourth-order valence-electron chi connectivity index (χ4n) is 12.5. The zero-order valence-corrected chi connectivity index (χ0v) is 53.5. The molecule has 0 spiro atoms. The van der Waals surface area contributed by atoms with Crippen LogP contribution in [0.15, 0.2) is 172 Å². The molecule has 3 fully saturated rings. The Balaban J connectivity index is 0.000000200. The van der Waals surface area contributed by atoms with Crippen molar-refractivity contribution in [2.75, 3.05) is 80.5 Å². The van der Waals surface area contributed by atoms with E-state index in [-0.39, 0.29) is 19.1 Å². The molecular weight excluding hydrogens is 1070 g/mol. The first kappa shape index (κ1) is 67.9. The molecule has 0 saturated carbocycles. The highest BCUT2D eigenvalue weighted by Crippen LogP contribution is 2.34. The standard InChI is InChI=1S/C32H39N3O.C31H39N3O.C12H23NO2.CH4/c1-34(2)24-30-28(22-26-10-5-3-6-11-26)14-9-15-29-31(33-36-32(29)30)17-16-25-18-20-35(21-19-25)23-27-12-7-4-8-13-27;1-4-28(21-26-11-7-5-8-12-26)30(24-33(2)3)31-22-29(32-35-31)16-15-25-17-19-34(20-18-25)23-27-13-9-6-10-14-27;1-5-10-6-8-13(9-7-10)11(14)15-12(2,3)4;/h3-14,25H,15-24H2,1-2H3;4-14,22,25H,1,15-21,23-24H2,2-3H3;10H,5-9H2,1-4H3;1H4/b;30-28+;;. The van der Waals surface area contributed by atoms with Gasteiger partial charge >= 0.3 is 6.09 Å². The van der Waals surface area contributed by atoms with E-state index in [1.54, 1.807) is 0 Å². The zero-order valence-electron chi connectivity index (χ0n) is 53.5. The van der Waals surface area contributed by atoms with Crippen molar-refractivity contribution in [3.63, 3.8) is 0 Å². The molecule has 1 aliphatic carbocycles. The lowest BCUT2D eigenvalue weighted by Crippen LogP contribution is -2.41. The molecule has 11 nitrogen and oxygen atoms in total. The molecule has 0 atom stereocenters. The Hall–Kier alpha value is -6.63. The molecule has 0 unspecified atom stereocenters. The molecular formula is C76H105N7O4. The van der Waals surface area contributed by atoms with Crippen LogP contribution in [-0.2, 0) is 49.9 Å². The number of piperidine rings is 3. The van der Waals surface area contributed by atoms with Gasteiger partial charge in [-0.2, -0.15) is 0 Å². The van der Waals surface area contributed by atoms with Gasteiger partial charge in [-0.1, -0.05) is 177 Å². The monoisotopic (exact) mass is 1180 g/mol. The normalized spacial score (nSPS) is 16.7. The van der Waals surface area contributed by atoms with Gasteiger partial charge in [-0.15, -0.1) is 0 Å². The highest BCUT2D eigenvalue weighted by Gasteiger charge is 2.28. The number of aryl methyl sites for hydroxylation is 2. The van der Waals surface area contributed by atoms with Gasteiger partial charge in [0.25, 0.3) is 0 Å². The first-order valence-corrected chi connectivity index (χ1v) is 32.2. The van der Waals surface area contributed by atoms with Crippen molar-refractivity contribution < 1.29 is 18.6 Å².